The van der Waals surface area contributed by atoms with Crippen molar-refractivity contribution in [3.63, 3.8) is 0 Å². The van der Waals surface area contributed by atoms with Gasteiger partial charge < -0.3 is 5.11 Å². The number of aromatic nitrogens is 2. The smallest absolute Gasteiger partial charge is 0.297 e. The van der Waals surface area contributed by atoms with Crippen LogP contribution in [-0.4, -0.2) is 20.2 Å². The average Bonchev–Trinajstić information content (AvgIpc) is 3.01. The molecule has 0 amide bonds. The highest BCUT2D eigenvalue weighted by Gasteiger charge is 2.21. The summed E-state index contributed by atoms with van der Waals surface area (Å²) in [5.41, 5.74) is 3.50. The zero-order valence-corrected chi connectivity index (χ0v) is 16.9. The molecule has 1 N–H and O–H groups in total. The van der Waals surface area contributed by atoms with Gasteiger partial charge in [-0.05, 0) is 30.2 Å². The molecule has 30 heavy (non-hydrogen) atoms. The molecule has 0 saturated heterocycles. The molecule has 0 fully saturated rings. The monoisotopic (exact) mass is 397 g/mol. The molecule has 0 aliphatic rings. The summed E-state index contributed by atoms with van der Waals surface area (Å²) in [6.45, 7) is 1.86. The molecule has 4 aromatic rings. The van der Waals surface area contributed by atoms with Crippen molar-refractivity contribution in [1.29, 1.82) is 0 Å². The molecule has 150 valence electrons. The van der Waals surface area contributed by atoms with Gasteiger partial charge in [0, 0.05) is 7.05 Å². The van der Waals surface area contributed by atoms with Gasteiger partial charge in [-0.15, -0.1) is 0 Å². The Balaban J connectivity index is 1.91. The molecule has 0 saturated carbocycles. The third-order valence-electron chi connectivity index (χ3n) is 5.20. The minimum Gasteiger partial charge on any atom is -0.382 e. The molecule has 0 aliphatic heterocycles. The summed E-state index contributed by atoms with van der Waals surface area (Å²) in [5, 5.41) is 11.1. The fourth-order valence-corrected chi connectivity index (χ4v) is 3.49. The second-order valence-electron chi connectivity index (χ2n) is 7.09. The first-order valence-electron chi connectivity index (χ1n) is 9.79. The van der Waals surface area contributed by atoms with Crippen LogP contribution in [0, 0.1) is 6.92 Å². The quantitative estimate of drug-likeness (QED) is 0.509. The number of aliphatic imine (C=N–C) groups is 1. The van der Waals surface area contributed by atoms with Crippen LogP contribution in [-0.2, 0) is 7.05 Å². The lowest BCUT2D eigenvalue weighted by molar-refractivity contribution is 0.248. The second-order valence-corrected chi connectivity index (χ2v) is 7.09. The fourth-order valence-electron chi connectivity index (χ4n) is 3.49. The van der Waals surface area contributed by atoms with Crippen molar-refractivity contribution in [2.75, 3.05) is 0 Å². The van der Waals surface area contributed by atoms with Crippen LogP contribution in [0.3, 0.4) is 0 Å². The molecule has 5 nitrogen and oxygen atoms in total. The third kappa shape index (κ3) is 3.63. The predicted octanol–water partition coefficient (Wildman–Crippen LogP) is 4.34. The molecular weight excluding hydrogens is 374 g/mol. The topological polar surface area (TPSA) is 59.5 Å². The molecule has 4 rings (SSSR count). The van der Waals surface area contributed by atoms with Crippen molar-refractivity contribution in [2.24, 2.45) is 12.0 Å². The Morgan fingerprint density at radius 2 is 1.40 bits per heavy atom. The molecular formula is C25H23N3O2. The van der Waals surface area contributed by atoms with E-state index in [1.54, 1.807) is 9.36 Å². The van der Waals surface area contributed by atoms with Gasteiger partial charge in [-0.2, -0.15) is 0 Å². The van der Waals surface area contributed by atoms with Crippen LogP contribution in [0.25, 0.3) is 5.69 Å². The van der Waals surface area contributed by atoms with Gasteiger partial charge in [0.25, 0.3) is 5.56 Å². The molecule has 0 spiro atoms. The van der Waals surface area contributed by atoms with E-state index in [9.17, 15) is 9.90 Å². The average molecular weight is 397 g/mol. The zero-order chi connectivity index (χ0) is 21.1. The van der Waals surface area contributed by atoms with Gasteiger partial charge in [0.05, 0.1) is 17.1 Å². The number of hydrogen-bond acceptors (Lipinski definition) is 3. The standard InChI is InChI=1S/C25H23N3O2/c1-18-22(25(30)28(27(18)2)21-16-10-5-11-17-21)26-23(19-12-6-3-7-13-19)24(29)20-14-8-4-9-15-20/h3-17,24,29H,1-2H3. The number of hydrogen-bond donors (Lipinski definition) is 1. The maximum atomic E-state index is 13.3. The van der Waals surface area contributed by atoms with E-state index in [2.05, 4.69) is 0 Å². The first kappa shape index (κ1) is 19.6. The van der Waals surface area contributed by atoms with E-state index >= 15 is 0 Å². The third-order valence-corrected chi connectivity index (χ3v) is 5.20. The summed E-state index contributed by atoms with van der Waals surface area (Å²) in [4.78, 5) is 18.0. The van der Waals surface area contributed by atoms with Crippen LogP contribution < -0.4 is 5.56 Å². The first-order valence-corrected chi connectivity index (χ1v) is 9.79. The number of aliphatic hydroxyl groups excluding tert-OH is 1. The van der Waals surface area contributed by atoms with Gasteiger partial charge in [0.15, 0.2) is 5.69 Å². The van der Waals surface area contributed by atoms with Crippen molar-refractivity contribution in [1.82, 2.24) is 9.36 Å². The minimum absolute atomic E-state index is 0.227. The van der Waals surface area contributed by atoms with Gasteiger partial charge in [-0.25, -0.2) is 9.67 Å². The maximum Gasteiger partial charge on any atom is 0.297 e. The zero-order valence-electron chi connectivity index (χ0n) is 16.9. The van der Waals surface area contributed by atoms with E-state index in [4.69, 9.17) is 4.99 Å². The van der Waals surface area contributed by atoms with E-state index < -0.39 is 6.10 Å². The molecule has 0 bridgehead atoms. The van der Waals surface area contributed by atoms with E-state index in [0.717, 1.165) is 22.5 Å². The summed E-state index contributed by atoms with van der Waals surface area (Å²) in [6, 6.07) is 28.3. The summed E-state index contributed by atoms with van der Waals surface area (Å²) in [6.07, 6.45) is -0.960. The van der Waals surface area contributed by atoms with E-state index in [0.29, 0.717) is 11.4 Å². The summed E-state index contributed by atoms with van der Waals surface area (Å²) >= 11 is 0. The molecule has 1 aromatic heterocycles. The first-order chi connectivity index (χ1) is 14.6. The van der Waals surface area contributed by atoms with Gasteiger partial charge in [-0.1, -0.05) is 78.9 Å². The van der Waals surface area contributed by atoms with Crippen LogP contribution in [0.2, 0.25) is 0 Å². The maximum absolute atomic E-state index is 13.3. The van der Waals surface area contributed by atoms with Crippen molar-refractivity contribution in [3.05, 3.63) is 118 Å². The van der Waals surface area contributed by atoms with E-state index in [1.807, 2.05) is 105 Å². The lowest BCUT2D eigenvalue weighted by Crippen LogP contribution is -2.20. The largest absolute Gasteiger partial charge is 0.382 e. The Kier molecular flexibility index (Phi) is 5.46. The summed E-state index contributed by atoms with van der Waals surface area (Å²) in [7, 11) is 1.83. The molecule has 1 atom stereocenters. The fraction of sp³-hybridized carbons (Fsp3) is 0.120. The number of para-hydroxylation sites is 1. The number of aliphatic hydroxyl groups is 1. The second kappa shape index (κ2) is 8.35. The van der Waals surface area contributed by atoms with Gasteiger partial charge >= 0.3 is 0 Å². The predicted molar refractivity (Wildman–Crippen MR) is 120 cm³/mol. The molecule has 0 radical (unpaired) electrons. The van der Waals surface area contributed by atoms with Crippen molar-refractivity contribution < 1.29 is 5.11 Å². The Morgan fingerprint density at radius 3 is 2.00 bits per heavy atom. The Hall–Kier alpha value is -3.70. The Morgan fingerprint density at radius 1 is 0.867 bits per heavy atom. The molecule has 5 heteroatoms. The highest BCUT2D eigenvalue weighted by atomic mass is 16.3. The van der Waals surface area contributed by atoms with Crippen molar-refractivity contribution in [2.45, 2.75) is 13.0 Å². The SMILES string of the molecule is Cc1c(N=C(c2ccccc2)C(O)c2ccccc2)c(=O)n(-c2ccccc2)n1C. The highest BCUT2D eigenvalue weighted by Crippen LogP contribution is 2.24. The van der Waals surface area contributed by atoms with E-state index in [1.165, 1.54) is 0 Å². The lowest BCUT2D eigenvalue weighted by atomic mass is 9.99. The van der Waals surface area contributed by atoms with Crippen molar-refractivity contribution >= 4 is 11.4 Å². The Bertz CT molecular complexity index is 1220. The highest BCUT2D eigenvalue weighted by molar-refractivity contribution is 6.05. The summed E-state index contributed by atoms with van der Waals surface area (Å²) in [5.74, 6) is 0. The van der Waals surface area contributed by atoms with Crippen LogP contribution in [0.1, 0.15) is 22.9 Å². The normalized spacial score (nSPS) is 12.7. The van der Waals surface area contributed by atoms with Gasteiger partial charge in [0.1, 0.15) is 6.10 Å². The molecule has 0 aliphatic carbocycles. The molecule has 1 heterocycles. The number of nitrogens with zero attached hydrogens (tertiary/aromatic N) is 3. The van der Waals surface area contributed by atoms with Crippen LogP contribution in [0.4, 0.5) is 5.69 Å². The van der Waals surface area contributed by atoms with Gasteiger partial charge in [-0.3, -0.25) is 9.48 Å². The van der Waals surface area contributed by atoms with Crippen LogP contribution >= 0.6 is 0 Å². The molecule has 3 aromatic carbocycles. The summed E-state index contributed by atoms with van der Waals surface area (Å²) < 4.78 is 3.37. The number of rotatable bonds is 5. The minimum atomic E-state index is -0.960. The van der Waals surface area contributed by atoms with Crippen LogP contribution in [0.15, 0.2) is 101 Å². The van der Waals surface area contributed by atoms with E-state index in [-0.39, 0.29) is 5.56 Å². The van der Waals surface area contributed by atoms with Crippen molar-refractivity contribution in [3.8, 4) is 5.69 Å². The number of benzene rings is 3. The Labute approximate surface area is 175 Å². The lowest BCUT2D eigenvalue weighted by Gasteiger charge is -2.14. The van der Waals surface area contributed by atoms with Crippen LogP contribution in [0.5, 0.6) is 0 Å². The molecule has 1 unspecified atom stereocenters. The van der Waals surface area contributed by atoms with Gasteiger partial charge in [0.2, 0.25) is 0 Å².